The van der Waals surface area contributed by atoms with Gasteiger partial charge in [-0.3, -0.25) is 4.79 Å². The third kappa shape index (κ3) is 2.74. The summed E-state index contributed by atoms with van der Waals surface area (Å²) in [6, 6.07) is 14.8. The van der Waals surface area contributed by atoms with E-state index in [0.717, 1.165) is 0 Å². The summed E-state index contributed by atoms with van der Waals surface area (Å²) in [7, 11) is 0. The molecule has 0 aliphatic rings. The molecular weight excluding hydrogens is 232 g/mol. The van der Waals surface area contributed by atoms with Gasteiger partial charge < -0.3 is 9.84 Å². The van der Waals surface area contributed by atoms with Gasteiger partial charge in [0.15, 0.2) is 5.78 Å². The Balaban J connectivity index is 2.20. The van der Waals surface area contributed by atoms with Gasteiger partial charge in [0.2, 0.25) is 0 Å². The predicted octanol–water partition coefficient (Wildman–Crippen LogP) is 2.97. The van der Waals surface area contributed by atoms with Crippen LogP contribution in [-0.4, -0.2) is 17.0 Å². The number of benzene rings is 2. The van der Waals surface area contributed by atoms with Gasteiger partial charge in [0.05, 0.1) is 0 Å². The van der Waals surface area contributed by atoms with E-state index in [2.05, 4.69) is 4.74 Å². The zero-order valence-corrected chi connectivity index (χ0v) is 9.37. The third-order valence-corrected chi connectivity index (χ3v) is 2.36. The maximum absolute atomic E-state index is 12.0. The highest BCUT2D eigenvalue weighted by Gasteiger charge is 2.08. The van der Waals surface area contributed by atoms with E-state index in [4.69, 9.17) is 5.11 Å². The van der Waals surface area contributed by atoms with Crippen molar-refractivity contribution in [3.05, 3.63) is 65.7 Å². The molecule has 0 atom stereocenters. The van der Waals surface area contributed by atoms with Crippen LogP contribution in [0, 0.1) is 0 Å². The lowest BCUT2D eigenvalue weighted by atomic mass is 10.0. The van der Waals surface area contributed by atoms with Gasteiger partial charge in [0, 0.05) is 11.1 Å². The van der Waals surface area contributed by atoms with Crippen molar-refractivity contribution in [2.45, 2.75) is 0 Å². The SMILES string of the molecule is O=C(O)Oc1ccc(C(=O)c2ccccc2)cc1. The summed E-state index contributed by atoms with van der Waals surface area (Å²) < 4.78 is 4.46. The van der Waals surface area contributed by atoms with Crippen LogP contribution in [0.15, 0.2) is 54.6 Å². The van der Waals surface area contributed by atoms with Crippen LogP contribution in [0.4, 0.5) is 4.79 Å². The minimum absolute atomic E-state index is 0.113. The Morgan fingerprint density at radius 1 is 0.833 bits per heavy atom. The van der Waals surface area contributed by atoms with Crippen LogP contribution < -0.4 is 4.74 Å². The number of hydrogen-bond acceptors (Lipinski definition) is 3. The molecule has 0 aliphatic carbocycles. The van der Waals surface area contributed by atoms with Gasteiger partial charge in [-0.05, 0) is 24.3 Å². The Morgan fingerprint density at radius 3 is 1.94 bits per heavy atom. The molecule has 2 rings (SSSR count). The van der Waals surface area contributed by atoms with Crippen molar-refractivity contribution in [1.29, 1.82) is 0 Å². The average Bonchev–Trinajstić information content (AvgIpc) is 2.39. The van der Waals surface area contributed by atoms with Gasteiger partial charge in [-0.15, -0.1) is 0 Å². The van der Waals surface area contributed by atoms with Crippen LogP contribution in [0.25, 0.3) is 0 Å². The number of rotatable bonds is 3. The largest absolute Gasteiger partial charge is 0.511 e. The second-order valence-electron chi connectivity index (χ2n) is 3.59. The molecular formula is C14H10O4. The van der Waals surface area contributed by atoms with Crippen molar-refractivity contribution in [3.8, 4) is 5.75 Å². The number of carbonyl (C=O) groups is 2. The number of ketones is 1. The van der Waals surface area contributed by atoms with E-state index in [9.17, 15) is 9.59 Å². The first-order valence-electron chi connectivity index (χ1n) is 5.27. The van der Waals surface area contributed by atoms with Crippen molar-refractivity contribution in [2.75, 3.05) is 0 Å². The maximum atomic E-state index is 12.0. The maximum Gasteiger partial charge on any atom is 0.511 e. The van der Waals surface area contributed by atoms with E-state index in [-0.39, 0.29) is 11.5 Å². The van der Waals surface area contributed by atoms with Crippen LogP contribution in [0.5, 0.6) is 5.75 Å². The van der Waals surface area contributed by atoms with Gasteiger partial charge >= 0.3 is 6.16 Å². The van der Waals surface area contributed by atoms with Gasteiger partial charge in [-0.25, -0.2) is 4.79 Å². The first-order valence-corrected chi connectivity index (χ1v) is 5.27. The number of hydrogen-bond donors (Lipinski definition) is 1. The van der Waals surface area contributed by atoms with Crippen molar-refractivity contribution >= 4 is 11.9 Å². The summed E-state index contributed by atoms with van der Waals surface area (Å²) in [5.41, 5.74) is 1.07. The van der Waals surface area contributed by atoms with E-state index >= 15 is 0 Å². The molecule has 0 heterocycles. The monoisotopic (exact) mass is 242 g/mol. The highest BCUT2D eigenvalue weighted by Crippen LogP contribution is 2.15. The van der Waals surface area contributed by atoms with Crippen molar-refractivity contribution in [2.24, 2.45) is 0 Å². The average molecular weight is 242 g/mol. The fourth-order valence-electron chi connectivity index (χ4n) is 1.53. The molecule has 4 nitrogen and oxygen atoms in total. The van der Waals surface area contributed by atoms with Crippen molar-refractivity contribution in [3.63, 3.8) is 0 Å². The van der Waals surface area contributed by atoms with E-state index in [1.165, 1.54) is 24.3 Å². The Bertz CT molecular complexity index is 558. The summed E-state index contributed by atoms with van der Waals surface area (Å²) in [6.07, 6.45) is -1.38. The van der Waals surface area contributed by atoms with E-state index in [1.54, 1.807) is 24.3 Å². The minimum atomic E-state index is -1.38. The zero-order chi connectivity index (χ0) is 13.0. The Kier molecular flexibility index (Phi) is 3.38. The molecule has 0 unspecified atom stereocenters. The molecule has 0 spiro atoms. The van der Waals surface area contributed by atoms with E-state index in [0.29, 0.717) is 11.1 Å². The molecule has 0 radical (unpaired) electrons. The topological polar surface area (TPSA) is 63.6 Å². The van der Waals surface area contributed by atoms with Crippen LogP contribution in [0.2, 0.25) is 0 Å². The lowest BCUT2D eigenvalue weighted by Gasteiger charge is -2.02. The molecule has 2 aromatic carbocycles. The summed E-state index contributed by atoms with van der Waals surface area (Å²) in [5, 5.41) is 8.43. The first-order chi connectivity index (χ1) is 8.66. The van der Waals surface area contributed by atoms with E-state index < -0.39 is 6.16 Å². The van der Waals surface area contributed by atoms with Gasteiger partial charge in [0.25, 0.3) is 0 Å². The van der Waals surface area contributed by atoms with E-state index in [1.807, 2.05) is 6.07 Å². The second kappa shape index (κ2) is 5.14. The molecule has 0 saturated heterocycles. The molecule has 1 N–H and O–H groups in total. The number of carbonyl (C=O) groups excluding carboxylic acids is 1. The lowest BCUT2D eigenvalue weighted by molar-refractivity contribution is 0.103. The Hall–Kier alpha value is -2.62. The quantitative estimate of drug-likeness (QED) is 0.510. The molecule has 18 heavy (non-hydrogen) atoms. The molecule has 0 saturated carbocycles. The molecule has 4 heteroatoms. The fraction of sp³-hybridized carbons (Fsp3) is 0. The molecule has 0 aromatic heterocycles. The summed E-state index contributed by atoms with van der Waals surface area (Å²) in [5.74, 6) is 0.0737. The summed E-state index contributed by atoms with van der Waals surface area (Å²) in [4.78, 5) is 22.3. The number of ether oxygens (including phenoxy) is 1. The lowest BCUT2D eigenvalue weighted by Crippen LogP contribution is -2.04. The Morgan fingerprint density at radius 2 is 1.39 bits per heavy atom. The molecule has 0 amide bonds. The smallest absolute Gasteiger partial charge is 0.449 e. The minimum Gasteiger partial charge on any atom is -0.449 e. The van der Waals surface area contributed by atoms with Crippen molar-refractivity contribution in [1.82, 2.24) is 0 Å². The predicted molar refractivity (Wildman–Crippen MR) is 65.0 cm³/mol. The summed E-state index contributed by atoms with van der Waals surface area (Å²) >= 11 is 0. The second-order valence-corrected chi connectivity index (χ2v) is 3.59. The highest BCUT2D eigenvalue weighted by molar-refractivity contribution is 6.08. The Labute approximate surface area is 103 Å². The normalized spacial score (nSPS) is 9.78. The van der Waals surface area contributed by atoms with Gasteiger partial charge in [-0.1, -0.05) is 30.3 Å². The van der Waals surface area contributed by atoms with Crippen LogP contribution in [-0.2, 0) is 0 Å². The van der Waals surface area contributed by atoms with Crippen molar-refractivity contribution < 1.29 is 19.4 Å². The van der Waals surface area contributed by atoms with Crippen LogP contribution >= 0.6 is 0 Å². The van der Waals surface area contributed by atoms with Gasteiger partial charge in [-0.2, -0.15) is 0 Å². The molecule has 0 bridgehead atoms. The zero-order valence-electron chi connectivity index (χ0n) is 9.37. The van der Waals surface area contributed by atoms with Gasteiger partial charge in [0.1, 0.15) is 5.75 Å². The molecule has 2 aromatic rings. The first kappa shape index (κ1) is 11.9. The summed E-state index contributed by atoms with van der Waals surface area (Å²) in [6.45, 7) is 0. The van der Waals surface area contributed by atoms with Crippen LogP contribution in [0.3, 0.4) is 0 Å². The highest BCUT2D eigenvalue weighted by atomic mass is 16.7. The molecule has 0 aliphatic heterocycles. The third-order valence-electron chi connectivity index (χ3n) is 2.36. The molecule has 90 valence electrons. The fourth-order valence-corrected chi connectivity index (χ4v) is 1.53. The molecule has 0 fully saturated rings. The number of carboxylic acid groups (broad SMARTS) is 1. The standard InChI is InChI=1S/C14H10O4/c15-13(10-4-2-1-3-5-10)11-6-8-12(9-7-11)18-14(16)17/h1-9H,(H,16,17). The van der Waals surface area contributed by atoms with Crippen LogP contribution in [0.1, 0.15) is 15.9 Å².